The first kappa shape index (κ1) is 29.1. The fourth-order valence-corrected chi connectivity index (χ4v) is 4.80. The first-order chi connectivity index (χ1) is 19.1. The molecule has 212 valence electrons. The Morgan fingerprint density at radius 1 is 0.950 bits per heavy atom. The molecule has 7 nitrogen and oxygen atoms in total. The molecule has 3 amide bonds. The third kappa shape index (κ3) is 8.29. The Bertz CT molecular complexity index is 1290. The molecule has 0 unspecified atom stereocenters. The van der Waals surface area contributed by atoms with Gasteiger partial charge in [-0.05, 0) is 61.2 Å². The molecule has 0 saturated carbocycles. The molecule has 1 saturated heterocycles. The molecule has 0 atom stereocenters. The highest BCUT2D eigenvalue weighted by atomic mass is 35.5. The van der Waals surface area contributed by atoms with Gasteiger partial charge in [0.15, 0.2) is 0 Å². The lowest BCUT2D eigenvalue weighted by atomic mass is 10.1. The van der Waals surface area contributed by atoms with Gasteiger partial charge in [0, 0.05) is 50.0 Å². The maximum Gasteiger partial charge on any atom is 0.573 e. The summed E-state index contributed by atoms with van der Waals surface area (Å²) in [6.45, 7) is 3.60. The van der Waals surface area contributed by atoms with Crippen molar-refractivity contribution in [3.05, 3.63) is 82.9 Å². The number of halogens is 4. The number of amides is 3. The van der Waals surface area contributed by atoms with E-state index in [9.17, 15) is 22.8 Å². The van der Waals surface area contributed by atoms with E-state index in [-0.39, 0.29) is 22.6 Å². The summed E-state index contributed by atoms with van der Waals surface area (Å²) in [5.41, 5.74) is 3.50. The van der Waals surface area contributed by atoms with Crippen molar-refractivity contribution in [1.82, 2.24) is 4.90 Å². The molecule has 1 heterocycles. The minimum absolute atomic E-state index is 0.0267. The number of carbonyl (C=O) groups excluding carboxylic acids is 2. The van der Waals surface area contributed by atoms with Gasteiger partial charge in [0.25, 0.3) is 0 Å². The Morgan fingerprint density at radius 3 is 2.25 bits per heavy atom. The van der Waals surface area contributed by atoms with Crippen molar-refractivity contribution >= 4 is 40.6 Å². The fraction of sp³-hybridized carbons (Fsp3) is 0.310. The van der Waals surface area contributed by atoms with E-state index in [4.69, 9.17) is 11.6 Å². The third-order valence-corrected chi connectivity index (χ3v) is 6.82. The van der Waals surface area contributed by atoms with Gasteiger partial charge in [0.2, 0.25) is 5.91 Å². The van der Waals surface area contributed by atoms with Crippen LogP contribution >= 0.6 is 11.6 Å². The Labute approximate surface area is 235 Å². The molecule has 2 N–H and O–H groups in total. The van der Waals surface area contributed by atoms with Crippen LogP contribution in [0.3, 0.4) is 0 Å². The standard InChI is InChI=1S/C29H30ClF3N4O3/c1-20-18-24(40-29(31,32)33)19-25(30)27(20)35-28(39)37-16-14-36(15-17-37)23-12-10-22(11-13-23)34-26(38)9-5-8-21-6-3-2-4-7-21/h2-4,6-7,10-13,18-19H,5,8-9,14-17H2,1H3,(H,34,38)(H,35,39). The first-order valence-electron chi connectivity index (χ1n) is 12.9. The lowest BCUT2D eigenvalue weighted by Gasteiger charge is -2.36. The summed E-state index contributed by atoms with van der Waals surface area (Å²) >= 11 is 6.13. The van der Waals surface area contributed by atoms with Crippen LogP contribution in [0.2, 0.25) is 5.02 Å². The average Bonchev–Trinajstić information content (AvgIpc) is 2.91. The molecule has 0 radical (unpaired) electrons. The lowest BCUT2D eigenvalue weighted by molar-refractivity contribution is -0.274. The number of aryl methyl sites for hydroxylation is 2. The van der Waals surface area contributed by atoms with Crippen LogP contribution in [0.4, 0.5) is 35.0 Å². The highest BCUT2D eigenvalue weighted by Gasteiger charge is 2.31. The number of hydrogen-bond donors (Lipinski definition) is 2. The molecule has 4 rings (SSSR count). The van der Waals surface area contributed by atoms with E-state index in [1.54, 1.807) is 11.8 Å². The van der Waals surface area contributed by atoms with Crippen molar-refractivity contribution < 1.29 is 27.5 Å². The summed E-state index contributed by atoms with van der Waals surface area (Å²) < 4.78 is 41.4. The second-order valence-electron chi connectivity index (χ2n) is 9.48. The number of urea groups is 1. The summed E-state index contributed by atoms with van der Waals surface area (Å²) in [6.07, 6.45) is -2.77. The molecule has 1 aliphatic rings. The van der Waals surface area contributed by atoms with Gasteiger partial charge in [0.1, 0.15) is 5.75 Å². The maximum atomic E-state index is 12.8. The first-order valence-corrected chi connectivity index (χ1v) is 13.3. The highest BCUT2D eigenvalue weighted by Crippen LogP contribution is 2.34. The van der Waals surface area contributed by atoms with Crippen molar-refractivity contribution in [3.8, 4) is 5.75 Å². The van der Waals surface area contributed by atoms with Crippen molar-refractivity contribution in [2.24, 2.45) is 0 Å². The Kier molecular flexibility index (Phi) is 9.42. The molecule has 0 aliphatic carbocycles. The summed E-state index contributed by atoms with van der Waals surface area (Å²) in [5.74, 6) is -0.476. The summed E-state index contributed by atoms with van der Waals surface area (Å²) in [6, 6.07) is 19.5. The van der Waals surface area contributed by atoms with Crippen LogP contribution in [-0.2, 0) is 11.2 Å². The van der Waals surface area contributed by atoms with Gasteiger partial charge >= 0.3 is 12.4 Å². The van der Waals surface area contributed by atoms with E-state index in [2.05, 4.69) is 32.4 Å². The number of benzene rings is 3. The molecule has 0 bridgehead atoms. The molecular weight excluding hydrogens is 545 g/mol. The Hall–Kier alpha value is -3.92. The number of nitrogens with zero attached hydrogens (tertiary/aromatic N) is 2. The van der Waals surface area contributed by atoms with Gasteiger partial charge < -0.3 is 25.2 Å². The minimum Gasteiger partial charge on any atom is -0.406 e. The lowest BCUT2D eigenvalue weighted by Crippen LogP contribution is -2.50. The SMILES string of the molecule is Cc1cc(OC(F)(F)F)cc(Cl)c1NC(=O)N1CCN(c2ccc(NC(=O)CCCc3ccccc3)cc2)CC1. The molecule has 3 aromatic carbocycles. The molecule has 40 heavy (non-hydrogen) atoms. The number of carbonyl (C=O) groups is 2. The van der Waals surface area contributed by atoms with E-state index >= 15 is 0 Å². The van der Waals surface area contributed by atoms with Crippen LogP contribution in [0, 0.1) is 6.92 Å². The number of alkyl halides is 3. The number of anilines is 3. The van der Waals surface area contributed by atoms with Crippen LogP contribution in [0.15, 0.2) is 66.7 Å². The second kappa shape index (κ2) is 13.0. The topological polar surface area (TPSA) is 73.9 Å². The zero-order valence-corrected chi connectivity index (χ0v) is 22.7. The predicted octanol–water partition coefficient (Wildman–Crippen LogP) is 6.86. The quantitative estimate of drug-likeness (QED) is 0.308. The van der Waals surface area contributed by atoms with Crippen molar-refractivity contribution in [2.75, 3.05) is 41.7 Å². The Balaban J connectivity index is 1.23. The normalized spacial score (nSPS) is 13.6. The van der Waals surface area contributed by atoms with E-state index in [0.717, 1.165) is 30.3 Å². The molecule has 3 aromatic rings. The maximum absolute atomic E-state index is 12.8. The average molecular weight is 575 g/mol. The van der Waals surface area contributed by atoms with Crippen LogP contribution in [0.1, 0.15) is 24.0 Å². The molecule has 1 aliphatic heterocycles. The van der Waals surface area contributed by atoms with Crippen LogP contribution in [0.5, 0.6) is 5.75 Å². The molecular formula is C29H30ClF3N4O3. The summed E-state index contributed by atoms with van der Waals surface area (Å²) in [5, 5.41) is 5.59. The van der Waals surface area contributed by atoms with Crippen LogP contribution in [0.25, 0.3) is 0 Å². The predicted molar refractivity (Wildman–Crippen MR) is 150 cm³/mol. The number of piperazine rings is 1. The molecule has 0 spiro atoms. The van der Waals surface area contributed by atoms with Crippen LogP contribution in [-0.4, -0.2) is 49.4 Å². The highest BCUT2D eigenvalue weighted by molar-refractivity contribution is 6.34. The van der Waals surface area contributed by atoms with Gasteiger partial charge in [0.05, 0.1) is 10.7 Å². The van der Waals surface area contributed by atoms with Crippen molar-refractivity contribution in [2.45, 2.75) is 32.5 Å². The minimum atomic E-state index is -4.84. The van der Waals surface area contributed by atoms with Gasteiger partial charge in [-0.25, -0.2) is 4.79 Å². The van der Waals surface area contributed by atoms with Crippen molar-refractivity contribution in [1.29, 1.82) is 0 Å². The number of rotatable bonds is 8. The fourth-order valence-electron chi connectivity index (χ4n) is 4.49. The third-order valence-electron chi connectivity index (χ3n) is 6.52. The molecule has 11 heteroatoms. The zero-order chi connectivity index (χ0) is 28.7. The van der Waals surface area contributed by atoms with E-state index in [1.165, 1.54) is 11.6 Å². The van der Waals surface area contributed by atoms with Crippen LogP contribution < -0.4 is 20.3 Å². The van der Waals surface area contributed by atoms with Gasteiger partial charge in [-0.2, -0.15) is 0 Å². The number of hydrogen-bond acceptors (Lipinski definition) is 4. The molecule has 0 aromatic heterocycles. The number of ether oxygens (including phenoxy) is 1. The van der Waals surface area contributed by atoms with Gasteiger partial charge in [-0.15, -0.1) is 13.2 Å². The zero-order valence-electron chi connectivity index (χ0n) is 21.9. The number of nitrogens with one attached hydrogen (secondary N) is 2. The summed E-state index contributed by atoms with van der Waals surface area (Å²) in [7, 11) is 0. The Morgan fingerprint density at radius 2 is 1.62 bits per heavy atom. The van der Waals surface area contributed by atoms with Crippen molar-refractivity contribution in [3.63, 3.8) is 0 Å². The second-order valence-corrected chi connectivity index (χ2v) is 9.89. The smallest absolute Gasteiger partial charge is 0.406 e. The molecule has 1 fully saturated rings. The van der Waals surface area contributed by atoms with E-state index < -0.39 is 12.1 Å². The monoisotopic (exact) mass is 574 g/mol. The van der Waals surface area contributed by atoms with E-state index in [1.807, 2.05) is 42.5 Å². The summed E-state index contributed by atoms with van der Waals surface area (Å²) in [4.78, 5) is 28.9. The van der Waals surface area contributed by atoms with Gasteiger partial charge in [-0.3, -0.25) is 4.79 Å². The van der Waals surface area contributed by atoms with E-state index in [0.29, 0.717) is 38.2 Å². The van der Waals surface area contributed by atoms with Gasteiger partial charge in [-0.1, -0.05) is 41.9 Å². The largest absolute Gasteiger partial charge is 0.573 e.